The van der Waals surface area contributed by atoms with Crippen LogP contribution in [0.2, 0.25) is 0 Å². The van der Waals surface area contributed by atoms with E-state index in [0.29, 0.717) is 0 Å². The minimum Gasteiger partial charge on any atom is -0.465 e. The molecule has 10 heteroatoms. The number of rotatable bonds is 5. The van der Waals surface area contributed by atoms with E-state index in [0.717, 1.165) is 18.4 Å². The van der Waals surface area contributed by atoms with Gasteiger partial charge in [-0.25, -0.2) is 4.79 Å². The molecule has 118 valence electrons. The van der Waals surface area contributed by atoms with Crippen LogP contribution in [-0.4, -0.2) is 31.2 Å². The number of carbonyl (C=O) groups excluding carboxylic acids is 2. The Morgan fingerprint density at radius 2 is 2.00 bits per heavy atom. The molecule has 1 heterocycles. The fourth-order valence-corrected chi connectivity index (χ4v) is 2.81. The topological polar surface area (TPSA) is 107 Å². The Balaban J connectivity index is 3.11. The third kappa shape index (κ3) is 4.25. The maximum atomic E-state index is 12.3. The molecule has 0 bridgehead atoms. The van der Waals surface area contributed by atoms with E-state index in [9.17, 15) is 22.8 Å². The lowest BCUT2D eigenvalue weighted by atomic mass is 10.2. The molecule has 0 spiro atoms. The SMILES string of the molecule is COC(=O)c1sc(NC(C)CC(F)(F)F)c(C(N)=O)c1N. The molecule has 1 aromatic heterocycles. The largest absolute Gasteiger partial charge is 0.465 e. The zero-order valence-corrected chi connectivity index (χ0v) is 12.0. The Bertz CT molecular complexity index is 557. The van der Waals surface area contributed by atoms with E-state index in [1.807, 2.05) is 0 Å². The van der Waals surface area contributed by atoms with Gasteiger partial charge < -0.3 is 21.5 Å². The highest BCUT2D eigenvalue weighted by Gasteiger charge is 2.31. The van der Waals surface area contributed by atoms with Crippen LogP contribution in [0.4, 0.5) is 23.9 Å². The number of ether oxygens (including phenoxy) is 1. The van der Waals surface area contributed by atoms with Gasteiger partial charge in [0, 0.05) is 6.04 Å². The molecular formula is C11H14F3N3O3S. The summed E-state index contributed by atoms with van der Waals surface area (Å²) in [7, 11) is 1.12. The van der Waals surface area contributed by atoms with Crippen molar-refractivity contribution in [3.63, 3.8) is 0 Å². The van der Waals surface area contributed by atoms with Gasteiger partial charge >= 0.3 is 12.1 Å². The number of nitrogen functional groups attached to an aromatic ring is 1. The van der Waals surface area contributed by atoms with Crippen molar-refractivity contribution in [1.82, 2.24) is 0 Å². The molecule has 0 saturated heterocycles. The third-order valence-corrected chi connectivity index (χ3v) is 3.59. The van der Waals surface area contributed by atoms with Crippen molar-refractivity contribution in [2.45, 2.75) is 25.6 Å². The predicted molar refractivity (Wildman–Crippen MR) is 72.3 cm³/mol. The first-order valence-corrected chi connectivity index (χ1v) is 6.52. The summed E-state index contributed by atoms with van der Waals surface area (Å²) in [6, 6.07) is -1.02. The van der Waals surface area contributed by atoms with Crippen LogP contribution in [0.3, 0.4) is 0 Å². The van der Waals surface area contributed by atoms with Gasteiger partial charge in [0.25, 0.3) is 5.91 Å². The average Bonchev–Trinajstić information content (AvgIpc) is 2.62. The molecule has 1 amide bonds. The normalized spacial score (nSPS) is 12.8. The fraction of sp³-hybridized carbons (Fsp3) is 0.455. The Morgan fingerprint density at radius 3 is 2.43 bits per heavy atom. The third-order valence-electron chi connectivity index (χ3n) is 2.48. The molecule has 0 radical (unpaired) electrons. The lowest BCUT2D eigenvalue weighted by Crippen LogP contribution is -2.25. The van der Waals surface area contributed by atoms with E-state index in [-0.39, 0.29) is 21.1 Å². The number of primary amides is 1. The van der Waals surface area contributed by atoms with Crippen molar-refractivity contribution in [2.24, 2.45) is 5.73 Å². The van der Waals surface area contributed by atoms with Crippen LogP contribution in [0.1, 0.15) is 33.4 Å². The summed E-state index contributed by atoms with van der Waals surface area (Å²) in [5.41, 5.74) is 10.4. The number of hydrogen-bond donors (Lipinski definition) is 3. The quantitative estimate of drug-likeness (QED) is 0.717. The molecule has 0 aliphatic heterocycles. The van der Waals surface area contributed by atoms with Gasteiger partial charge in [0.05, 0.1) is 24.8 Å². The lowest BCUT2D eigenvalue weighted by molar-refractivity contribution is -0.136. The first-order chi connectivity index (χ1) is 9.56. The van der Waals surface area contributed by atoms with Gasteiger partial charge in [-0.1, -0.05) is 0 Å². The molecule has 0 aromatic carbocycles. The molecule has 0 fully saturated rings. The second kappa shape index (κ2) is 6.20. The fourth-order valence-electron chi connectivity index (χ4n) is 1.66. The zero-order valence-electron chi connectivity index (χ0n) is 11.2. The number of anilines is 2. The van der Waals surface area contributed by atoms with Gasteiger partial charge in [0.1, 0.15) is 9.88 Å². The molecule has 0 saturated carbocycles. The van der Waals surface area contributed by atoms with Gasteiger partial charge in [-0.05, 0) is 6.92 Å². The summed E-state index contributed by atoms with van der Waals surface area (Å²) < 4.78 is 41.4. The van der Waals surface area contributed by atoms with Crippen LogP contribution in [0.25, 0.3) is 0 Å². The summed E-state index contributed by atoms with van der Waals surface area (Å²) in [6.07, 6.45) is -5.48. The minimum atomic E-state index is -4.37. The molecule has 0 aliphatic rings. The molecule has 1 aromatic rings. The number of halogens is 3. The first-order valence-electron chi connectivity index (χ1n) is 5.70. The summed E-state index contributed by atoms with van der Waals surface area (Å²) in [6.45, 7) is 1.28. The smallest absolute Gasteiger partial charge is 0.391 e. The van der Waals surface area contributed by atoms with Crippen LogP contribution in [0.15, 0.2) is 0 Å². The van der Waals surface area contributed by atoms with Crippen molar-refractivity contribution >= 4 is 33.9 Å². The minimum absolute atomic E-state index is 0.0113. The molecule has 21 heavy (non-hydrogen) atoms. The van der Waals surface area contributed by atoms with Crippen molar-refractivity contribution in [3.05, 3.63) is 10.4 Å². The second-order valence-electron chi connectivity index (χ2n) is 4.27. The molecular weight excluding hydrogens is 311 g/mol. The number of thiophene rings is 1. The lowest BCUT2D eigenvalue weighted by Gasteiger charge is -2.16. The van der Waals surface area contributed by atoms with Crippen LogP contribution >= 0.6 is 11.3 Å². The van der Waals surface area contributed by atoms with Gasteiger partial charge in [-0.15, -0.1) is 11.3 Å². The maximum Gasteiger partial charge on any atom is 0.391 e. The van der Waals surface area contributed by atoms with E-state index in [4.69, 9.17) is 11.5 Å². The molecule has 1 atom stereocenters. The van der Waals surface area contributed by atoms with E-state index in [1.54, 1.807) is 0 Å². The number of nitrogens with one attached hydrogen (secondary N) is 1. The van der Waals surface area contributed by atoms with E-state index in [2.05, 4.69) is 10.1 Å². The average molecular weight is 325 g/mol. The summed E-state index contributed by atoms with van der Waals surface area (Å²) >= 11 is 0.723. The van der Waals surface area contributed by atoms with Crippen molar-refractivity contribution < 1.29 is 27.5 Å². The molecule has 0 aliphatic carbocycles. The number of nitrogens with two attached hydrogens (primary N) is 2. The van der Waals surface area contributed by atoms with E-state index >= 15 is 0 Å². The standard InChI is InChI=1S/C11H14F3N3O3S/c1-4(3-11(12,13)14)17-9-5(8(16)18)6(15)7(21-9)10(19)20-2/h4,17H,3,15H2,1-2H3,(H2,16,18). The highest BCUT2D eigenvalue weighted by molar-refractivity contribution is 7.19. The van der Waals surface area contributed by atoms with Crippen molar-refractivity contribution in [2.75, 3.05) is 18.2 Å². The number of esters is 1. The molecule has 5 N–H and O–H groups in total. The van der Waals surface area contributed by atoms with Crippen molar-refractivity contribution in [3.8, 4) is 0 Å². The van der Waals surface area contributed by atoms with E-state index in [1.165, 1.54) is 6.92 Å². The van der Waals surface area contributed by atoms with Gasteiger partial charge in [-0.3, -0.25) is 4.79 Å². The van der Waals surface area contributed by atoms with Gasteiger partial charge in [-0.2, -0.15) is 13.2 Å². The second-order valence-corrected chi connectivity index (χ2v) is 5.29. The Hall–Kier alpha value is -1.97. The molecule has 6 nitrogen and oxygen atoms in total. The number of amides is 1. The van der Waals surface area contributed by atoms with Gasteiger partial charge in [0.15, 0.2) is 0 Å². The Morgan fingerprint density at radius 1 is 1.43 bits per heavy atom. The van der Waals surface area contributed by atoms with Crippen LogP contribution < -0.4 is 16.8 Å². The van der Waals surface area contributed by atoms with Gasteiger partial charge in [0.2, 0.25) is 0 Å². The number of methoxy groups -OCH3 is 1. The number of hydrogen-bond acceptors (Lipinski definition) is 6. The first kappa shape index (κ1) is 17.1. The summed E-state index contributed by atoms with van der Waals surface area (Å²) in [5, 5.41) is 2.51. The summed E-state index contributed by atoms with van der Waals surface area (Å²) in [5.74, 6) is -1.74. The zero-order chi connectivity index (χ0) is 16.4. The number of carbonyl (C=O) groups is 2. The highest BCUT2D eigenvalue weighted by Crippen LogP contribution is 2.37. The predicted octanol–water partition coefficient (Wildman–Crippen LogP) is 1.97. The monoisotopic (exact) mass is 325 g/mol. The van der Waals surface area contributed by atoms with Crippen molar-refractivity contribution in [1.29, 1.82) is 0 Å². The van der Waals surface area contributed by atoms with Crippen LogP contribution in [0.5, 0.6) is 0 Å². The Kier molecular flexibility index (Phi) is 5.05. The molecule has 1 unspecified atom stereocenters. The van der Waals surface area contributed by atoms with Crippen LogP contribution in [0, 0.1) is 0 Å². The number of alkyl halides is 3. The van der Waals surface area contributed by atoms with E-state index < -0.39 is 30.5 Å². The maximum absolute atomic E-state index is 12.3. The summed E-state index contributed by atoms with van der Waals surface area (Å²) in [4.78, 5) is 22.8. The van der Waals surface area contributed by atoms with Crippen LogP contribution in [-0.2, 0) is 4.74 Å². The molecule has 1 rings (SSSR count). The Labute approximate surface area is 122 Å². The highest BCUT2D eigenvalue weighted by atomic mass is 32.1.